The first-order chi connectivity index (χ1) is 12.6. The third-order valence-corrected chi connectivity index (χ3v) is 4.22. The molecule has 0 aromatic heterocycles. The number of benzene rings is 2. The van der Waals surface area contributed by atoms with Gasteiger partial charge in [-0.05, 0) is 50.6 Å². The van der Waals surface area contributed by atoms with Crippen molar-refractivity contribution in [3.8, 4) is 5.75 Å². The molecule has 5 heteroatoms. The van der Waals surface area contributed by atoms with Crippen LogP contribution in [0.3, 0.4) is 0 Å². The van der Waals surface area contributed by atoms with Crippen LogP contribution in [0.1, 0.15) is 31.4 Å². The molecule has 1 saturated heterocycles. The monoisotopic (exact) mass is 357 g/mol. The van der Waals surface area contributed by atoms with Crippen molar-refractivity contribution in [2.75, 3.05) is 19.6 Å². The number of aliphatic carboxylic acids is 1. The smallest absolute Gasteiger partial charge is 0.344 e. The highest BCUT2D eigenvalue weighted by atomic mass is 16.5. The zero-order valence-electron chi connectivity index (χ0n) is 15.1. The summed E-state index contributed by atoms with van der Waals surface area (Å²) in [4.78, 5) is 12.7. The van der Waals surface area contributed by atoms with Gasteiger partial charge in [0, 0.05) is 6.54 Å². The van der Waals surface area contributed by atoms with E-state index in [1.807, 2.05) is 36.4 Å². The molecule has 2 unspecified atom stereocenters. The first-order valence-corrected chi connectivity index (χ1v) is 8.96. The first kappa shape index (κ1) is 19.9. The molecule has 0 radical (unpaired) electrons. The predicted molar refractivity (Wildman–Crippen MR) is 101 cm³/mol. The van der Waals surface area contributed by atoms with E-state index >= 15 is 0 Å². The molecule has 1 fully saturated rings. The SMILES string of the molecule is CC(Oc1ccccc1)C(=O)O.OC(CN1CCCC1)c1ccccc1. The number of carbonyl (C=O) groups is 1. The number of rotatable bonds is 6. The van der Waals surface area contributed by atoms with Crippen LogP contribution in [0.5, 0.6) is 5.75 Å². The molecule has 2 N–H and O–H groups in total. The maximum atomic E-state index is 10.4. The van der Waals surface area contributed by atoms with Gasteiger partial charge in [-0.1, -0.05) is 48.5 Å². The van der Waals surface area contributed by atoms with Gasteiger partial charge < -0.3 is 19.8 Å². The fourth-order valence-corrected chi connectivity index (χ4v) is 2.74. The van der Waals surface area contributed by atoms with E-state index in [1.54, 1.807) is 24.3 Å². The molecule has 1 aliphatic heterocycles. The van der Waals surface area contributed by atoms with Gasteiger partial charge in [-0.3, -0.25) is 0 Å². The molecule has 1 heterocycles. The van der Waals surface area contributed by atoms with Crippen LogP contribution in [0, 0.1) is 0 Å². The zero-order chi connectivity index (χ0) is 18.8. The van der Waals surface area contributed by atoms with Crippen LogP contribution < -0.4 is 4.74 Å². The highest BCUT2D eigenvalue weighted by molar-refractivity contribution is 5.72. The Morgan fingerprint density at radius 2 is 1.58 bits per heavy atom. The summed E-state index contributed by atoms with van der Waals surface area (Å²) in [6.45, 7) is 4.56. The van der Waals surface area contributed by atoms with E-state index < -0.39 is 12.1 Å². The van der Waals surface area contributed by atoms with Gasteiger partial charge in [0.2, 0.25) is 0 Å². The fraction of sp³-hybridized carbons (Fsp3) is 0.381. The fourth-order valence-electron chi connectivity index (χ4n) is 2.74. The molecule has 26 heavy (non-hydrogen) atoms. The summed E-state index contributed by atoms with van der Waals surface area (Å²) in [6.07, 6.45) is 1.44. The second-order valence-corrected chi connectivity index (χ2v) is 6.35. The average molecular weight is 357 g/mol. The molecule has 0 spiro atoms. The van der Waals surface area contributed by atoms with Gasteiger partial charge in [-0.15, -0.1) is 0 Å². The lowest BCUT2D eigenvalue weighted by molar-refractivity contribution is -0.144. The zero-order valence-corrected chi connectivity index (χ0v) is 15.1. The number of aliphatic hydroxyl groups is 1. The molecule has 2 aromatic rings. The normalized spacial score (nSPS) is 16.2. The van der Waals surface area contributed by atoms with Gasteiger partial charge in [-0.25, -0.2) is 4.79 Å². The van der Waals surface area contributed by atoms with E-state index in [-0.39, 0.29) is 6.10 Å². The van der Waals surface area contributed by atoms with Gasteiger partial charge in [0.05, 0.1) is 6.10 Å². The number of hydrogen-bond acceptors (Lipinski definition) is 4. The number of aliphatic hydroxyl groups excluding tert-OH is 1. The lowest BCUT2D eigenvalue weighted by Gasteiger charge is -2.19. The Morgan fingerprint density at radius 3 is 2.12 bits per heavy atom. The summed E-state index contributed by atoms with van der Waals surface area (Å²) in [5, 5.41) is 18.5. The van der Waals surface area contributed by atoms with E-state index in [4.69, 9.17) is 9.84 Å². The van der Waals surface area contributed by atoms with Crippen LogP contribution in [0.4, 0.5) is 0 Å². The van der Waals surface area contributed by atoms with Crippen molar-refractivity contribution < 1.29 is 19.7 Å². The minimum Gasteiger partial charge on any atom is -0.479 e. The minimum atomic E-state index is -0.959. The van der Waals surface area contributed by atoms with E-state index in [2.05, 4.69) is 4.90 Å². The molecule has 140 valence electrons. The molecule has 0 bridgehead atoms. The number of β-amino-alcohol motifs (C(OH)–C–C–N with tert-alkyl or cyclic N) is 1. The molecule has 0 saturated carbocycles. The molecule has 2 aromatic carbocycles. The second kappa shape index (κ2) is 10.6. The highest BCUT2D eigenvalue weighted by Crippen LogP contribution is 2.16. The van der Waals surface area contributed by atoms with Crippen LogP contribution in [0.2, 0.25) is 0 Å². The molecule has 5 nitrogen and oxygen atoms in total. The largest absolute Gasteiger partial charge is 0.479 e. The molecule has 0 aliphatic carbocycles. The Bertz CT molecular complexity index is 642. The molecule has 1 aliphatic rings. The summed E-state index contributed by atoms with van der Waals surface area (Å²) >= 11 is 0. The number of carboxylic acids is 1. The average Bonchev–Trinajstić information content (AvgIpc) is 3.17. The first-order valence-electron chi connectivity index (χ1n) is 8.96. The maximum absolute atomic E-state index is 10.4. The summed E-state index contributed by atoms with van der Waals surface area (Å²) < 4.78 is 5.08. The van der Waals surface area contributed by atoms with Gasteiger partial charge in [0.15, 0.2) is 6.10 Å². The van der Waals surface area contributed by atoms with E-state index in [0.29, 0.717) is 5.75 Å². The second-order valence-electron chi connectivity index (χ2n) is 6.35. The number of para-hydroxylation sites is 1. The Hall–Kier alpha value is -2.37. The van der Waals surface area contributed by atoms with E-state index in [1.165, 1.54) is 19.8 Å². The standard InChI is InChI=1S/C12H17NO.C9H10O3/c14-12(10-13-8-4-5-9-13)11-6-2-1-3-7-11;1-7(9(10)11)12-8-5-3-2-4-6-8/h1-3,6-7,12,14H,4-5,8-10H2;2-7H,1H3,(H,10,11). The number of nitrogens with zero attached hydrogens (tertiary/aromatic N) is 1. The molecule has 0 amide bonds. The van der Waals surface area contributed by atoms with Crippen molar-refractivity contribution in [2.45, 2.75) is 32.0 Å². The highest BCUT2D eigenvalue weighted by Gasteiger charge is 2.16. The molecular weight excluding hydrogens is 330 g/mol. The van der Waals surface area contributed by atoms with Crippen LogP contribution in [-0.4, -0.2) is 46.8 Å². The van der Waals surface area contributed by atoms with Gasteiger partial charge in [0.25, 0.3) is 0 Å². The Morgan fingerprint density at radius 1 is 1.04 bits per heavy atom. The quantitative estimate of drug-likeness (QED) is 0.830. The summed E-state index contributed by atoms with van der Waals surface area (Å²) in [5.41, 5.74) is 1.03. The van der Waals surface area contributed by atoms with Crippen LogP contribution in [0.25, 0.3) is 0 Å². The van der Waals surface area contributed by atoms with Crippen molar-refractivity contribution in [2.24, 2.45) is 0 Å². The third-order valence-electron chi connectivity index (χ3n) is 4.22. The van der Waals surface area contributed by atoms with Crippen molar-refractivity contribution in [3.63, 3.8) is 0 Å². The van der Waals surface area contributed by atoms with Crippen LogP contribution in [0.15, 0.2) is 60.7 Å². The number of carboxylic acid groups (broad SMARTS) is 1. The lowest BCUT2D eigenvalue weighted by Crippen LogP contribution is -2.25. The Labute approximate surface area is 154 Å². The minimum absolute atomic E-state index is 0.325. The molecular formula is C21H27NO4. The number of ether oxygens (including phenoxy) is 1. The molecule has 3 rings (SSSR count). The maximum Gasteiger partial charge on any atom is 0.344 e. The van der Waals surface area contributed by atoms with E-state index in [9.17, 15) is 9.90 Å². The third kappa shape index (κ3) is 6.86. The van der Waals surface area contributed by atoms with Crippen LogP contribution in [-0.2, 0) is 4.79 Å². The Balaban J connectivity index is 0.000000190. The van der Waals surface area contributed by atoms with Crippen molar-refractivity contribution in [1.29, 1.82) is 0 Å². The van der Waals surface area contributed by atoms with Crippen molar-refractivity contribution >= 4 is 5.97 Å². The Kier molecular flexibility index (Phi) is 8.12. The summed E-state index contributed by atoms with van der Waals surface area (Å²) in [7, 11) is 0. The topological polar surface area (TPSA) is 70.0 Å². The van der Waals surface area contributed by atoms with Crippen LogP contribution >= 0.6 is 0 Å². The van der Waals surface area contributed by atoms with Crippen molar-refractivity contribution in [3.05, 3.63) is 66.2 Å². The summed E-state index contributed by atoms with van der Waals surface area (Å²) in [6, 6.07) is 18.8. The van der Waals surface area contributed by atoms with Gasteiger partial charge in [-0.2, -0.15) is 0 Å². The van der Waals surface area contributed by atoms with E-state index in [0.717, 1.165) is 25.2 Å². The predicted octanol–water partition coefficient (Wildman–Crippen LogP) is 3.35. The summed E-state index contributed by atoms with van der Waals surface area (Å²) in [5.74, 6) is -0.383. The molecule has 2 atom stereocenters. The van der Waals surface area contributed by atoms with Gasteiger partial charge in [0.1, 0.15) is 5.75 Å². The lowest BCUT2D eigenvalue weighted by atomic mass is 10.1. The number of hydrogen-bond donors (Lipinski definition) is 2. The van der Waals surface area contributed by atoms with Crippen molar-refractivity contribution in [1.82, 2.24) is 4.90 Å². The van der Waals surface area contributed by atoms with Gasteiger partial charge >= 0.3 is 5.97 Å². The number of likely N-dealkylation sites (tertiary alicyclic amines) is 1.